The van der Waals surface area contributed by atoms with Crippen LogP contribution < -0.4 is 5.32 Å². The van der Waals surface area contributed by atoms with Gasteiger partial charge in [-0.3, -0.25) is 9.20 Å². The first-order chi connectivity index (χ1) is 7.20. The zero-order valence-electron chi connectivity index (χ0n) is 8.73. The summed E-state index contributed by atoms with van der Waals surface area (Å²) in [5, 5.41) is 4.91. The number of nitrogens with zero attached hydrogens (tertiary/aromatic N) is 2. The summed E-state index contributed by atoms with van der Waals surface area (Å²) in [7, 11) is 1.79. The highest BCUT2D eigenvalue weighted by Gasteiger charge is 2.13. The summed E-state index contributed by atoms with van der Waals surface area (Å²) in [6.07, 6.45) is 4.25. The maximum absolute atomic E-state index is 11.6. The molecule has 2 heterocycles. The molecule has 0 amide bonds. The second-order valence-corrected chi connectivity index (χ2v) is 4.35. The predicted molar refractivity (Wildman–Crippen MR) is 60.3 cm³/mol. The van der Waals surface area contributed by atoms with Crippen molar-refractivity contribution in [2.75, 3.05) is 7.05 Å². The number of aromatic nitrogens is 2. The fraction of sp³-hybridized carbons (Fsp3) is 0.400. The van der Waals surface area contributed by atoms with Crippen LogP contribution in [0.2, 0.25) is 0 Å². The van der Waals surface area contributed by atoms with E-state index in [0.717, 1.165) is 10.7 Å². The number of fused-ring (bicyclic) bond motifs is 1. The van der Waals surface area contributed by atoms with E-state index >= 15 is 0 Å². The van der Waals surface area contributed by atoms with Crippen LogP contribution in [-0.2, 0) is 11.2 Å². The number of hydrogen-bond acceptors (Lipinski definition) is 4. The lowest BCUT2D eigenvalue weighted by Crippen LogP contribution is -2.31. The molecule has 0 aliphatic heterocycles. The molecule has 80 valence electrons. The van der Waals surface area contributed by atoms with E-state index in [-0.39, 0.29) is 11.8 Å². The minimum atomic E-state index is -0.107. The molecule has 15 heavy (non-hydrogen) atoms. The SMILES string of the molecule is CNC(C)C(=O)Cc1cn2ccsc2n1. The number of thiazole rings is 1. The highest BCUT2D eigenvalue weighted by molar-refractivity contribution is 7.15. The van der Waals surface area contributed by atoms with Gasteiger partial charge in [-0.15, -0.1) is 11.3 Å². The maximum atomic E-state index is 11.6. The summed E-state index contributed by atoms with van der Waals surface area (Å²) in [4.78, 5) is 16.9. The highest BCUT2D eigenvalue weighted by Crippen LogP contribution is 2.12. The molecular formula is C10H13N3OS. The van der Waals surface area contributed by atoms with Gasteiger partial charge in [0.25, 0.3) is 0 Å². The Morgan fingerprint density at radius 1 is 1.73 bits per heavy atom. The lowest BCUT2D eigenvalue weighted by molar-refractivity contribution is -0.119. The fourth-order valence-corrected chi connectivity index (χ4v) is 2.07. The standard InChI is InChI=1S/C10H13N3OS/c1-7(11-2)9(14)5-8-6-13-3-4-15-10(13)12-8/h3-4,6-7,11H,5H2,1-2H3. The molecule has 2 aromatic rings. The monoisotopic (exact) mass is 223 g/mol. The van der Waals surface area contributed by atoms with Gasteiger partial charge in [-0.2, -0.15) is 0 Å². The molecule has 0 bridgehead atoms. The fourth-order valence-electron chi connectivity index (χ4n) is 1.35. The summed E-state index contributed by atoms with van der Waals surface area (Å²) in [6.45, 7) is 1.86. The van der Waals surface area contributed by atoms with Crippen LogP contribution in [0.3, 0.4) is 0 Å². The van der Waals surface area contributed by atoms with Gasteiger partial charge >= 0.3 is 0 Å². The molecule has 0 fully saturated rings. The molecular weight excluding hydrogens is 210 g/mol. The Bertz CT molecular complexity index is 445. The molecule has 0 aliphatic rings. The Balaban J connectivity index is 2.12. The minimum absolute atomic E-state index is 0.107. The van der Waals surface area contributed by atoms with Crippen LogP contribution in [0, 0.1) is 0 Å². The van der Waals surface area contributed by atoms with Gasteiger partial charge in [0.05, 0.1) is 18.2 Å². The van der Waals surface area contributed by atoms with E-state index in [0.29, 0.717) is 6.42 Å². The molecule has 2 aromatic heterocycles. The predicted octanol–water partition coefficient (Wildman–Crippen LogP) is 1.12. The van der Waals surface area contributed by atoms with Crippen LogP contribution >= 0.6 is 11.3 Å². The molecule has 0 aliphatic carbocycles. The van der Waals surface area contributed by atoms with E-state index in [2.05, 4.69) is 10.3 Å². The third kappa shape index (κ3) is 2.08. The molecule has 0 spiro atoms. The number of hydrogen-bond donors (Lipinski definition) is 1. The Labute approximate surface area is 91.9 Å². The van der Waals surface area contributed by atoms with Gasteiger partial charge < -0.3 is 5.32 Å². The molecule has 0 saturated carbocycles. The van der Waals surface area contributed by atoms with E-state index in [4.69, 9.17) is 0 Å². The largest absolute Gasteiger partial charge is 0.311 e. The van der Waals surface area contributed by atoms with Crippen molar-refractivity contribution in [2.24, 2.45) is 0 Å². The first-order valence-corrected chi connectivity index (χ1v) is 5.69. The van der Waals surface area contributed by atoms with Crippen LogP contribution in [0.25, 0.3) is 4.96 Å². The minimum Gasteiger partial charge on any atom is -0.311 e. The quantitative estimate of drug-likeness (QED) is 0.844. The second kappa shape index (κ2) is 4.12. The van der Waals surface area contributed by atoms with Crippen LogP contribution in [0.15, 0.2) is 17.8 Å². The number of likely N-dealkylation sites (N-methyl/N-ethyl adjacent to an activating group) is 1. The third-order valence-electron chi connectivity index (χ3n) is 2.41. The molecule has 1 atom stereocenters. The Hall–Kier alpha value is -1.20. The number of Topliss-reactive ketones (excluding diaryl/α,β-unsaturated/α-hetero) is 1. The van der Waals surface area contributed by atoms with Crippen molar-refractivity contribution in [1.29, 1.82) is 0 Å². The molecule has 1 unspecified atom stereocenters. The molecule has 0 radical (unpaired) electrons. The Morgan fingerprint density at radius 2 is 2.53 bits per heavy atom. The average molecular weight is 223 g/mol. The third-order valence-corrected chi connectivity index (χ3v) is 3.19. The highest BCUT2D eigenvalue weighted by atomic mass is 32.1. The zero-order valence-corrected chi connectivity index (χ0v) is 9.54. The lowest BCUT2D eigenvalue weighted by Gasteiger charge is -2.06. The Kier molecular flexibility index (Phi) is 2.83. The molecule has 5 heteroatoms. The Morgan fingerprint density at radius 3 is 3.20 bits per heavy atom. The average Bonchev–Trinajstić information content (AvgIpc) is 2.76. The van der Waals surface area contributed by atoms with Crippen molar-refractivity contribution in [3.8, 4) is 0 Å². The van der Waals surface area contributed by atoms with Crippen molar-refractivity contribution in [2.45, 2.75) is 19.4 Å². The number of imidazole rings is 1. The number of carbonyl (C=O) groups is 1. The lowest BCUT2D eigenvalue weighted by atomic mass is 10.1. The van der Waals surface area contributed by atoms with E-state index in [1.807, 2.05) is 29.1 Å². The van der Waals surface area contributed by atoms with Crippen molar-refractivity contribution in [3.05, 3.63) is 23.5 Å². The summed E-state index contributed by atoms with van der Waals surface area (Å²) in [5.41, 5.74) is 0.842. The molecule has 4 nitrogen and oxygen atoms in total. The van der Waals surface area contributed by atoms with Crippen LogP contribution in [-0.4, -0.2) is 28.3 Å². The topological polar surface area (TPSA) is 46.4 Å². The van der Waals surface area contributed by atoms with Gasteiger partial charge in [-0.1, -0.05) is 0 Å². The first-order valence-electron chi connectivity index (χ1n) is 4.81. The molecule has 1 N–H and O–H groups in total. The number of nitrogens with one attached hydrogen (secondary N) is 1. The number of carbonyl (C=O) groups excluding carboxylic acids is 1. The summed E-state index contributed by atoms with van der Waals surface area (Å²) in [5.74, 6) is 0.170. The van der Waals surface area contributed by atoms with Crippen LogP contribution in [0.5, 0.6) is 0 Å². The number of ketones is 1. The summed E-state index contributed by atoms with van der Waals surface area (Å²) >= 11 is 1.57. The van der Waals surface area contributed by atoms with E-state index < -0.39 is 0 Å². The van der Waals surface area contributed by atoms with Gasteiger partial charge in [0.1, 0.15) is 0 Å². The van der Waals surface area contributed by atoms with Gasteiger partial charge in [-0.05, 0) is 14.0 Å². The van der Waals surface area contributed by atoms with Gasteiger partial charge in [-0.25, -0.2) is 4.98 Å². The van der Waals surface area contributed by atoms with E-state index in [9.17, 15) is 4.79 Å². The van der Waals surface area contributed by atoms with Gasteiger partial charge in [0.15, 0.2) is 10.7 Å². The second-order valence-electron chi connectivity index (χ2n) is 3.48. The van der Waals surface area contributed by atoms with E-state index in [1.54, 1.807) is 18.4 Å². The molecule has 0 saturated heterocycles. The summed E-state index contributed by atoms with van der Waals surface area (Å²) < 4.78 is 1.94. The van der Waals surface area contributed by atoms with Gasteiger partial charge in [0, 0.05) is 17.8 Å². The maximum Gasteiger partial charge on any atom is 0.193 e. The molecule has 2 rings (SSSR count). The molecule has 0 aromatic carbocycles. The van der Waals surface area contributed by atoms with Gasteiger partial charge in [0.2, 0.25) is 0 Å². The van der Waals surface area contributed by atoms with Crippen molar-refractivity contribution >= 4 is 22.1 Å². The van der Waals surface area contributed by atoms with Crippen molar-refractivity contribution < 1.29 is 4.79 Å². The van der Waals surface area contributed by atoms with Crippen molar-refractivity contribution in [3.63, 3.8) is 0 Å². The van der Waals surface area contributed by atoms with Crippen molar-refractivity contribution in [1.82, 2.24) is 14.7 Å². The number of rotatable bonds is 4. The summed E-state index contributed by atoms with van der Waals surface area (Å²) in [6, 6.07) is -0.107. The van der Waals surface area contributed by atoms with E-state index in [1.165, 1.54) is 0 Å². The zero-order chi connectivity index (χ0) is 10.8. The first kappa shape index (κ1) is 10.3. The normalized spacial score (nSPS) is 13.2. The smallest absolute Gasteiger partial charge is 0.193 e. The van der Waals surface area contributed by atoms with Crippen LogP contribution in [0.1, 0.15) is 12.6 Å². The van der Waals surface area contributed by atoms with Crippen LogP contribution in [0.4, 0.5) is 0 Å².